The molecule has 1 fully saturated rings. The van der Waals surface area contributed by atoms with Gasteiger partial charge in [-0.3, -0.25) is 14.5 Å². The van der Waals surface area contributed by atoms with E-state index < -0.39 is 17.7 Å². The third-order valence-corrected chi connectivity index (χ3v) is 5.60. The average molecular weight is 441 g/mol. The van der Waals surface area contributed by atoms with Crippen LogP contribution in [0.4, 0.5) is 5.13 Å². The third-order valence-electron chi connectivity index (χ3n) is 4.30. The summed E-state index contributed by atoms with van der Waals surface area (Å²) < 4.78 is 0.875. The Morgan fingerprint density at radius 1 is 1.07 bits per heavy atom. The maximum absolute atomic E-state index is 12.8. The normalized spacial score (nSPS) is 18.9. The number of carbonyl (C=O) groups is 2. The molecule has 0 saturated carbocycles. The van der Waals surface area contributed by atoms with Gasteiger partial charge in [0.25, 0.3) is 5.78 Å². The summed E-state index contributed by atoms with van der Waals surface area (Å²) in [6.07, 6.45) is 1.58. The van der Waals surface area contributed by atoms with Crippen molar-refractivity contribution in [2.24, 2.45) is 0 Å². The van der Waals surface area contributed by atoms with E-state index in [1.165, 1.54) is 16.2 Å². The first-order valence-corrected chi connectivity index (χ1v) is 9.76. The topological polar surface area (TPSA) is 70.5 Å². The number of amides is 1. The first-order valence-electron chi connectivity index (χ1n) is 8.09. The summed E-state index contributed by atoms with van der Waals surface area (Å²) in [6.45, 7) is 0. The van der Waals surface area contributed by atoms with E-state index in [9.17, 15) is 14.7 Å². The van der Waals surface area contributed by atoms with E-state index in [4.69, 9.17) is 0 Å². The molecule has 1 N–H and O–H groups in total. The number of hydrogen-bond acceptors (Lipinski definition) is 5. The number of rotatable bonds is 3. The summed E-state index contributed by atoms with van der Waals surface area (Å²) in [6, 6.07) is 15.3. The Bertz CT molecular complexity index is 1030. The van der Waals surface area contributed by atoms with Crippen LogP contribution in [0.1, 0.15) is 17.2 Å². The quantitative estimate of drug-likeness (QED) is 0.368. The zero-order valence-corrected chi connectivity index (χ0v) is 16.3. The lowest BCUT2D eigenvalue weighted by molar-refractivity contribution is -0.132. The number of hydrogen-bond donors (Lipinski definition) is 1. The second-order valence-corrected chi connectivity index (χ2v) is 7.69. The number of nitrogens with zero attached hydrogens (tertiary/aromatic N) is 2. The van der Waals surface area contributed by atoms with Crippen LogP contribution in [-0.2, 0) is 9.59 Å². The fourth-order valence-electron chi connectivity index (χ4n) is 3.08. The highest BCUT2D eigenvalue weighted by Crippen LogP contribution is 2.42. The van der Waals surface area contributed by atoms with Crippen LogP contribution >= 0.6 is 27.3 Å². The highest BCUT2D eigenvalue weighted by Gasteiger charge is 2.47. The molecule has 1 aliphatic heterocycles. The van der Waals surface area contributed by atoms with E-state index >= 15 is 0 Å². The summed E-state index contributed by atoms with van der Waals surface area (Å²) in [5.41, 5.74) is 1.26. The first kappa shape index (κ1) is 17.6. The summed E-state index contributed by atoms with van der Waals surface area (Å²) in [5, 5.41) is 13.0. The van der Waals surface area contributed by atoms with Crippen LogP contribution in [-0.4, -0.2) is 21.8 Å². The average Bonchev–Trinajstić information content (AvgIpc) is 3.30. The van der Waals surface area contributed by atoms with Gasteiger partial charge in [0, 0.05) is 21.6 Å². The van der Waals surface area contributed by atoms with Crippen molar-refractivity contribution in [1.82, 2.24) is 4.98 Å². The molecule has 2 aromatic carbocycles. The minimum Gasteiger partial charge on any atom is -0.507 e. The molecule has 27 heavy (non-hydrogen) atoms. The smallest absolute Gasteiger partial charge is 0.301 e. The molecular formula is C20H13BrN2O3S. The molecule has 0 spiro atoms. The summed E-state index contributed by atoms with van der Waals surface area (Å²) >= 11 is 4.66. The lowest BCUT2D eigenvalue weighted by atomic mass is 9.95. The first-order chi connectivity index (χ1) is 13.1. The van der Waals surface area contributed by atoms with Gasteiger partial charge in [0.05, 0.1) is 11.6 Å². The Kier molecular flexibility index (Phi) is 4.63. The molecule has 3 aromatic rings. The molecule has 7 heteroatoms. The second kappa shape index (κ2) is 7.09. The van der Waals surface area contributed by atoms with E-state index in [2.05, 4.69) is 20.9 Å². The number of Topliss-reactive ketones (excluding diaryl/α,β-unsaturated/α-hetero) is 1. The minimum absolute atomic E-state index is 0.0590. The SMILES string of the molecule is O=C1C(=O)N(c2nccs2)[C@H](c2ccc(Br)cc2)/C1=C(\O)c1ccccc1. The number of thiazole rings is 1. The molecule has 0 aliphatic carbocycles. The van der Waals surface area contributed by atoms with E-state index in [0.29, 0.717) is 16.3 Å². The van der Waals surface area contributed by atoms with Crippen molar-refractivity contribution >= 4 is 49.8 Å². The molecule has 0 radical (unpaired) electrons. The summed E-state index contributed by atoms with van der Waals surface area (Å²) in [7, 11) is 0. The Labute approximate surface area is 167 Å². The predicted octanol–water partition coefficient (Wildman–Crippen LogP) is 4.53. The van der Waals surface area contributed by atoms with E-state index in [-0.39, 0.29) is 11.3 Å². The van der Waals surface area contributed by atoms with Gasteiger partial charge in [0.1, 0.15) is 5.76 Å². The van der Waals surface area contributed by atoms with Gasteiger partial charge in [-0.25, -0.2) is 4.98 Å². The molecule has 1 aromatic heterocycles. The summed E-state index contributed by atoms with van der Waals surface area (Å²) in [5.74, 6) is -1.62. The van der Waals surface area contributed by atoms with Crippen molar-refractivity contribution in [3.05, 3.63) is 87.3 Å². The molecule has 1 saturated heterocycles. The number of aromatic nitrogens is 1. The van der Waals surface area contributed by atoms with Gasteiger partial charge in [-0.1, -0.05) is 58.4 Å². The van der Waals surface area contributed by atoms with Gasteiger partial charge in [-0.2, -0.15) is 0 Å². The van der Waals surface area contributed by atoms with Gasteiger partial charge < -0.3 is 5.11 Å². The van der Waals surface area contributed by atoms with Gasteiger partial charge >= 0.3 is 5.91 Å². The second-order valence-electron chi connectivity index (χ2n) is 5.90. The van der Waals surface area contributed by atoms with Crippen LogP contribution in [0.3, 0.4) is 0 Å². The van der Waals surface area contributed by atoms with Crippen molar-refractivity contribution in [3.8, 4) is 0 Å². The molecule has 1 amide bonds. The van der Waals surface area contributed by atoms with Gasteiger partial charge in [-0.15, -0.1) is 11.3 Å². The van der Waals surface area contributed by atoms with Gasteiger partial charge in [0.15, 0.2) is 5.13 Å². The number of halogens is 1. The van der Waals surface area contributed by atoms with Crippen molar-refractivity contribution < 1.29 is 14.7 Å². The highest BCUT2D eigenvalue weighted by molar-refractivity contribution is 9.10. The molecular weight excluding hydrogens is 428 g/mol. The van der Waals surface area contributed by atoms with Gasteiger partial charge in [0.2, 0.25) is 0 Å². The van der Waals surface area contributed by atoms with Crippen LogP contribution in [0.5, 0.6) is 0 Å². The van der Waals surface area contributed by atoms with Crippen LogP contribution < -0.4 is 4.90 Å². The molecule has 0 bridgehead atoms. The van der Waals surface area contributed by atoms with Crippen LogP contribution in [0.15, 0.2) is 76.2 Å². The fourth-order valence-corrected chi connectivity index (χ4v) is 4.01. The number of benzene rings is 2. The largest absolute Gasteiger partial charge is 0.507 e. The van der Waals surface area contributed by atoms with Crippen LogP contribution in [0.2, 0.25) is 0 Å². The lowest BCUT2D eigenvalue weighted by Gasteiger charge is -2.23. The number of carbonyl (C=O) groups excluding carboxylic acids is 2. The maximum Gasteiger partial charge on any atom is 0.301 e. The zero-order chi connectivity index (χ0) is 19.0. The molecule has 4 rings (SSSR count). The maximum atomic E-state index is 12.8. The molecule has 134 valence electrons. The molecule has 5 nitrogen and oxygen atoms in total. The Morgan fingerprint density at radius 3 is 2.41 bits per heavy atom. The summed E-state index contributed by atoms with van der Waals surface area (Å²) in [4.78, 5) is 31.2. The van der Waals surface area contributed by atoms with Crippen molar-refractivity contribution in [1.29, 1.82) is 0 Å². The van der Waals surface area contributed by atoms with Crippen LogP contribution in [0, 0.1) is 0 Å². The molecule has 0 unspecified atom stereocenters. The van der Waals surface area contributed by atoms with Crippen molar-refractivity contribution in [2.75, 3.05) is 4.90 Å². The van der Waals surface area contributed by atoms with E-state index in [0.717, 1.165) is 4.47 Å². The standard InChI is InChI=1S/C20H13BrN2O3S/c21-14-8-6-12(7-9-14)16-15(17(24)13-4-2-1-3-5-13)18(25)19(26)23(16)20-22-10-11-27-20/h1-11,16,24H/b17-15+/t16-/m1/s1. The Morgan fingerprint density at radius 2 is 1.78 bits per heavy atom. The number of anilines is 1. The van der Waals surface area contributed by atoms with E-state index in [1.54, 1.807) is 35.8 Å². The number of aliphatic hydroxyl groups excluding tert-OH is 1. The van der Waals surface area contributed by atoms with Crippen molar-refractivity contribution in [3.63, 3.8) is 0 Å². The Balaban J connectivity index is 1.94. The molecule has 2 heterocycles. The Hall–Kier alpha value is -2.77. The number of ketones is 1. The lowest BCUT2D eigenvalue weighted by Crippen LogP contribution is -2.29. The minimum atomic E-state index is -0.746. The van der Waals surface area contributed by atoms with Crippen molar-refractivity contribution in [2.45, 2.75) is 6.04 Å². The molecule has 1 atom stereocenters. The number of aliphatic hydroxyl groups is 1. The van der Waals surface area contributed by atoms with E-state index in [1.807, 2.05) is 30.3 Å². The molecule has 1 aliphatic rings. The zero-order valence-electron chi connectivity index (χ0n) is 13.9. The van der Waals surface area contributed by atoms with Gasteiger partial charge in [-0.05, 0) is 17.7 Å². The monoisotopic (exact) mass is 440 g/mol. The van der Waals surface area contributed by atoms with Crippen LogP contribution in [0.25, 0.3) is 5.76 Å². The highest BCUT2D eigenvalue weighted by atomic mass is 79.9. The predicted molar refractivity (Wildman–Crippen MR) is 107 cm³/mol. The third kappa shape index (κ3) is 3.09. The fraction of sp³-hybridized carbons (Fsp3) is 0.0500.